The van der Waals surface area contributed by atoms with Crippen molar-refractivity contribution in [3.05, 3.63) is 0 Å². The molecule has 0 bridgehead atoms. The molecule has 0 aromatic carbocycles. The van der Waals surface area contributed by atoms with Crippen LogP contribution in [0.3, 0.4) is 0 Å². The molecule has 5 nitrogen and oxygen atoms in total. The molecule has 2 heterocycles. The van der Waals surface area contributed by atoms with Gasteiger partial charge < -0.3 is 10.6 Å². The van der Waals surface area contributed by atoms with Crippen molar-refractivity contribution in [1.29, 1.82) is 0 Å². The van der Waals surface area contributed by atoms with E-state index < -0.39 is 5.54 Å². The van der Waals surface area contributed by atoms with Crippen molar-refractivity contribution in [2.24, 2.45) is 5.92 Å². The van der Waals surface area contributed by atoms with Crippen LogP contribution in [0.1, 0.15) is 26.7 Å². The summed E-state index contributed by atoms with van der Waals surface area (Å²) in [5.74, 6) is 0.250. The quantitative estimate of drug-likeness (QED) is 0.665. The van der Waals surface area contributed by atoms with Crippen molar-refractivity contribution in [3.63, 3.8) is 0 Å². The minimum absolute atomic E-state index is 0.0570. The lowest BCUT2D eigenvalue weighted by atomic mass is 9.90. The molecule has 0 radical (unpaired) electrons. The van der Waals surface area contributed by atoms with E-state index in [1.54, 1.807) is 0 Å². The fraction of sp³-hybridized carbons (Fsp3) is 0.818. The Labute approximate surface area is 95.6 Å². The molecule has 0 aromatic rings. The summed E-state index contributed by atoms with van der Waals surface area (Å²) >= 11 is 0. The van der Waals surface area contributed by atoms with Crippen molar-refractivity contribution in [1.82, 2.24) is 15.5 Å². The second-order valence-electron chi connectivity index (χ2n) is 5.10. The molecule has 2 saturated heterocycles. The summed E-state index contributed by atoms with van der Waals surface area (Å²) in [6.45, 7) is 6.00. The second-order valence-corrected chi connectivity index (χ2v) is 5.10. The predicted octanol–water partition coefficient (Wildman–Crippen LogP) is 0.316. The lowest BCUT2D eigenvalue weighted by Gasteiger charge is -2.31. The third-order valence-electron chi connectivity index (χ3n) is 3.18. The average Bonchev–Trinajstić information content (AvgIpc) is 2.44. The number of nitrogens with one attached hydrogen (secondary N) is 2. The molecule has 2 N–H and O–H groups in total. The van der Waals surface area contributed by atoms with Crippen LogP contribution in [0.2, 0.25) is 0 Å². The highest BCUT2D eigenvalue weighted by Gasteiger charge is 2.51. The van der Waals surface area contributed by atoms with Crippen LogP contribution in [0.15, 0.2) is 0 Å². The van der Waals surface area contributed by atoms with Gasteiger partial charge in [-0.2, -0.15) is 0 Å². The SMILES string of the molecule is CC(C)CN1C(=O)NC2(CCCNC2)C1=O. The maximum atomic E-state index is 12.2. The molecule has 16 heavy (non-hydrogen) atoms. The van der Waals surface area contributed by atoms with Crippen molar-refractivity contribution in [2.75, 3.05) is 19.6 Å². The van der Waals surface area contributed by atoms with Gasteiger partial charge in [-0.3, -0.25) is 9.69 Å². The molecule has 1 unspecified atom stereocenters. The van der Waals surface area contributed by atoms with Gasteiger partial charge in [-0.05, 0) is 25.3 Å². The van der Waals surface area contributed by atoms with Crippen LogP contribution in [0, 0.1) is 5.92 Å². The van der Waals surface area contributed by atoms with Crippen LogP contribution in [-0.4, -0.2) is 42.0 Å². The summed E-state index contributed by atoms with van der Waals surface area (Å²) in [5, 5.41) is 6.03. The molecule has 3 amide bonds. The van der Waals surface area contributed by atoms with Crippen molar-refractivity contribution >= 4 is 11.9 Å². The van der Waals surface area contributed by atoms with Crippen LogP contribution in [0.25, 0.3) is 0 Å². The third-order valence-corrected chi connectivity index (χ3v) is 3.18. The number of imide groups is 1. The van der Waals surface area contributed by atoms with E-state index in [-0.39, 0.29) is 11.9 Å². The van der Waals surface area contributed by atoms with Crippen LogP contribution in [-0.2, 0) is 4.79 Å². The highest BCUT2D eigenvalue weighted by Crippen LogP contribution is 2.25. The number of rotatable bonds is 2. The summed E-state index contributed by atoms with van der Waals surface area (Å²) in [6.07, 6.45) is 1.68. The molecular formula is C11H19N3O2. The van der Waals surface area contributed by atoms with Crippen LogP contribution in [0.4, 0.5) is 4.79 Å². The van der Waals surface area contributed by atoms with Gasteiger partial charge in [0.2, 0.25) is 0 Å². The van der Waals surface area contributed by atoms with E-state index in [1.165, 1.54) is 4.90 Å². The van der Waals surface area contributed by atoms with Crippen LogP contribution < -0.4 is 10.6 Å². The van der Waals surface area contributed by atoms with Crippen molar-refractivity contribution < 1.29 is 9.59 Å². The zero-order valence-corrected chi connectivity index (χ0v) is 9.88. The number of urea groups is 1. The number of hydrogen-bond donors (Lipinski definition) is 2. The minimum atomic E-state index is -0.662. The van der Waals surface area contributed by atoms with E-state index in [9.17, 15) is 9.59 Å². The summed E-state index contributed by atoms with van der Waals surface area (Å²) in [4.78, 5) is 25.3. The first-order valence-electron chi connectivity index (χ1n) is 5.90. The number of carbonyl (C=O) groups excluding carboxylic acids is 2. The fourth-order valence-corrected chi connectivity index (χ4v) is 2.40. The van der Waals surface area contributed by atoms with Gasteiger partial charge in [0.1, 0.15) is 5.54 Å². The minimum Gasteiger partial charge on any atom is -0.322 e. The number of hydrogen-bond acceptors (Lipinski definition) is 3. The smallest absolute Gasteiger partial charge is 0.322 e. The molecule has 0 saturated carbocycles. The molecule has 90 valence electrons. The van der Waals surface area contributed by atoms with E-state index in [4.69, 9.17) is 0 Å². The predicted molar refractivity (Wildman–Crippen MR) is 59.9 cm³/mol. The maximum Gasteiger partial charge on any atom is 0.325 e. The van der Waals surface area contributed by atoms with Gasteiger partial charge >= 0.3 is 6.03 Å². The first kappa shape index (κ1) is 11.4. The molecular weight excluding hydrogens is 206 g/mol. The molecule has 2 aliphatic heterocycles. The summed E-state index contributed by atoms with van der Waals surface area (Å²) in [6, 6.07) is -0.234. The highest BCUT2D eigenvalue weighted by atomic mass is 16.2. The standard InChI is InChI=1S/C11H19N3O2/c1-8(2)6-14-9(15)11(13-10(14)16)4-3-5-12-7-11/h8,12H,3-7H2,1-2H3,(H,13,16). The topological polar surface area (TPSA) is 61.4 Å². The molecule has 5 heteroatoms. The lowest BCUT2D eigenvalue weighted by molar-refractivity contribution is -0.132. The monoisotopic (exact) mass is 225 g/mol. The van der Waals surface area contributed by atoms with E-state index in [0.29, 0.717) is 19.0 Å². The molecule has 2 aliphatic rings. The molecule has 0 aliphatic carbocycles. The largest absolute Gasteiger partial charge is 0.325 e. The number of nitrogens with zero attached hydrogens (tertiary/aromatic N) is 1. The Kier molecular flexibility index (Phi) is 2.88. The maximum absolute atomic E-state index is 12.2. The summed E-state index contributed by atoms with van der Waals surface area (Å²) in [5.41, 5.74) is -0.662. The first-order valence-corrected chi connectivity index (χ1v) is 5.90. The van der Waals surface area contributed by atoms with Gasteiger partial charge in [-0.25, -0.2) is 4.79 Å². The first-order chi connectivity index (χ1) is 7.55. The lowest BCUT2D eigenvalue weighted by Crippen LogP contribution is -2.57. The van der Waals surface area contributed by atoms with Gasteiger partial charge in [-0.1, -0.05) is 13.8 Å². The van der Waals surface area contributed by atoms with Gasteiger partial charge in [0.15, 0.2) is 0 Å². The molecule has 2 rings (SSSR count). The molecule has 1 atom stereocenters. The van der Waals surface area contributed by atoms with Crippen LogP contribution in [0.5, 0.6) is 0 Å². The number of carbonyl (C=O) groups is 2. The normalized spacial score (nSPS) is 30.3. The van der Waals surface area contributed by atoms with E-state index in [0.717, 1.165) is 19.4 Å². The van der Waals surface area contributed by atoms with E-state index >= 15 is 0 Å². The second kappa shape index (κ2) is 4.05. The number of piperidine rings is 1. The molecule has 2 fully saturated rings. The van der Waals surface area contributed by atoms with Gasteiger partial charge in [0, 0.05) is 13.1 Å². The Bertz CT molecular complexity index is 308. The van der Waals surface area contributed by atoms with E-state index in [2.05, 4.69) is 10.6 Å². The summed E-state index contributed by atoms with van der Waals surface area (Å²) < 4.78 is 0. The van der Waals surface area contributed by atoms with Crippen LogP contribution >= 0.6 is 0 Å². The average molecular weight is 225 g/mol. The Morgan fingerprint density at radius 2 is 2.19 bits per heavy atom. The molecule has 1 spiro atoms. The Balaban J connectivity index is 2.14. The van der Waals surface area contributed by atoms with Crippen molar-refractivity contribution in [3.8, 4) is 0 Å². The Morgan fingerprint density at radius 1 is 1.44 bits per heavy atom. The fourth-order valence-electron chi connectivity index (χ4n) is 2.40. The highest BCUT2D eigenvalue weighted by molar-refractivity contribution is 6.07. The van der Waals surface area contributed by atoms with Gasteiger partial charge in [-0.15, -0.1) is 0 Å². The van der Waals surface area contributed by atoms with Crippen molar-refractivity contribution in [2.45, 2.75) is 32.2 Å². The van der Waals surface area contributed by atoms with E-state index in [1.807, 2.05) is 13.8 Å². The summed E-state index contributed by atoms with van der Waals surface area (Å²) in [7, 11) is 0. The molecule has 0 aromatic heterocycles. The number of amides is 3. The zero-order chi connectivity index (χ0) is 11.8. The third kappa shape index (κ3) is 1.80. The Morgan fingerprint density at radius 3 is 2.75 bits per heavy atom. The Hall–Kier alpha value is -1.10. The zero-order valence-electron chi connectivity index (χ0n) is 9.88. The van der Waals surface area contributed by atoms with Gasteiger partial charge in [0.05, 0.1) is 0 Å². The van der Waals surface area contributed by atoms with Gasteiger partial charge in [0.25, 0.3) is 5.91 Å².